The minimum atomic E-state index is -4.33. The van der Waals surface area contributed by atoms with E-state index in [2.05, 4.69) is 4.98 Å². The Morgan fingerprint density at radius 3 is 2.90 bits per heavy atom. The van der Waals surface area contributed by atoms with Crippen molar-refractivity contribution in [3.63, 3.8) is 0 Å². The molecule has 3 heterocycles. The molecule has 10 nitrogen and oxygen atoms in total. The molecule has 2 aliphatic rings. The number of H-pyrrole nitrogens is 1. The van der Waals surface area contributed by atoms with Crippen LogP contribution in [0.3, 0.4) is 0 Å². The number of aliphatic hydroxyl groups is 2. The monoisotopic (exact) mass is 464 g/mol. The van der Waals surface area contributed by atoms with Gasteiger partial charge in [0.1, 0.15) is 35.0 Å². The number of hydrogen-bond donors (Lipinski definition) is 3. The quantitative estimate of drug-likeness (QED) is 0.457. The summed E-state index contributed by atoms with van der Waals surface area (Å²) in [6.45, 7) is -1.48. The Hall–Kier alpha value is -1.99. The van der Waals surface area contributed by atoms with E-state index in [-0.39, 0.29) is 22.6 Å². The summed E-state index contributed by atoms with van der Waals surface area (Å²) in [7, 11) is -4.33. The second-order valence-electron chi connectivity index (χ2n) is 6.58. The number of ether oxygens (including phenoxy) is 1. The summed E-state index contributed by atoms with van der Waals surface area (Å²) in [5, 5.41) is 20.3. The number of phosphoric ester groups is 1. The van der Waals surface area contributed by atoms with Gasteiger partial charge in [0, 0.05) is 11.8 Å². The Morgan fingerprint density at radius 2 is 2.17 bits per heavy atom. The molecule has 0 bridgehead atoms. The van der Waals surface area contributed by atoms with Crippen LogP contribution in [0.4, 0.5) is 8.78 Å². The summed E-state index contributed by atoms with van der Waals surface area (Å²) >= 11 is 4.80. The van der Waals surface area contributed by atoms with Gasteiger partial charge >= 0.3 is 13.5 Å². The van der Waals surface area contributed by atoms with Gasteiger partial charge in [-0.15, -0.1) is 0 Å². The van der Waals surface area contributed by atoms with Gasteiger partial charge in [-0.1, -0.05) is 12.2 Å². The van der Waals surface area contributed by atoms with Crippen molar-refractivity contribution < 1.29 is 41.9 Å². The number of phosphoric acid groups is 1. The molecule has 4 rings (SSSR count). The van der Waals surface area contributed by atoms with Gasteiger partial charge in [0.15, 0.2) is 6.23 Å². The van der Waals surface area contributed by atoms with E-state index < -0.39 is 50.2 Å². The highest BCUT2D eigenvalue weighted by atomic mass is 32.1. The molecule has 1 fully saturated rings. The van der Waals surface area contributed by atoms with Gasteiger partial charge in [-0.3, -0.25) is 18.6 Å². The zero-order valence-corrected chi connectivity index (χ0v) is 16.6. The second-order valence-corrected chi connectivity index (χ2v) is 8.62. The molecular formula is C16H15F2N2O8PS. The molecular weight excluding hydrogens is 449 g/mol. The van der Waals surface area contributed by atoms with Crippen LogP contribution in [0.1, 0.15) is 11.8 Å². The van der Waals surface area contributed by atoms with Crippen LogP contribution in [0, 0.1) is 10.5 Å². The molecule has 3 N–H and O–H groups in total. The van der Waals surface area contributed by atoms with Gasteiger partial charge in [0.2, 0.25) is 0 Å². The van der Waals surface area contributed by atoms with Crippen LogP contribution in [-0.4, -0.2) is 44.4 Å². The first-order valence-corrected chi connectivity index (χ1v) is 10.4. The number of rotatable bonds is 4. The first-order chi connectivity index (χ1) is 14.1. The Morgan fingerprint density at radius 1 is 1.40 bits per heavy atom. The number of aromatic amines is 1. The lowest BCUT2D eigenvalue weighted by Gasteiger charge is -2.28. The maximum atomic E-state index is 15.2. The molecule has 1 aromatic heterocycles. The van der Waals surface area contributed by atoms with E-state index in [1.807, 2.05) is 0 Å². The van der Waals surface area contributed by atoms with Crippen LogP contribution < -0.4 is 10.2 Å². The summed E-state index contributed by atoms with van der Waals surface area (Å²) in [6.07, 6.45) is -4.49. The predicted molar refractivity (Wildman–Crippen MR) is 97.2 cm³/mol. The summed E-state index contributed by atoms with van der Waals surface area (Å²) in [6, 6.07) is 4.69. The van der Waals surface area contributed by atoms with Crippen molar-refractivity contribution in [2.24, 2.45) is 0 Å². The lowest BCUT2D eigenvalue weighted by molar-refractivity contribution is -0.205. The van der Waals surface area contributed by atoms with E-state index in [0.29, 0.717) is 0 Å². The molecule has 5 atom stereocenters. The molecule has 0 spiro atoms. The molecule has 1 aromatic carbocycles. The zero-order valence-electron chi connectivity index (χ0n) is 14.9. The van der Waals surface area contributed by atoms with Gasteiger partial charge in [0.05, 0.1) is 6.61 Å². The standard InChI is InChI=1S/C16H15F2N2O8PS/c17-9-1-2-10-8(5-9)6-25-29(24,28-10)26-7-16(18)13(22)12(21)14(27-16)20-4-3-11(30)19-15(20)23/h1-5,12-14,21-22H,6-7H2,(H,19,23,30)/t12-,13+,14-,16-,29?/m1/s1. The van der Waals surface area contributed by atoms with E-state index in [1.54, 1.807) is 0 Å². The van der Waals surface area contributed by atoms with Crippen molar-refractivity contribution in [1.82, 2.24) is 9.55 Å². The average Bonchev–Trinajstić information content (AvgIpc) is 2.92. The van der Waals surface area contributed by atoms with Crippen LogP contribution in [0.15, 0.2) is 35.3 Å². The van der Waals surface area contributed by atoms with Crippen molar-refractivity contribution in [3.05, 3.63) is 57.0 Å². The van der Waals surface area contributed by atoms with Crippen molar-refractivity contribution in [2.75, 3.05) is 6.61 Å². The number of alkyl halides is 1. The Balaban J connectivity index is 1.50. The maximum Gasteiger partial charge on any atom is 0.530 e. The van der Waals surface area contributed by atoms with Crippen molar-refractivity contribution in [3.8, 4) is 5.75 Å². The smallest absolute Gasteiger partial charge is 0.404 e. The normalized spacial score (nSPS) is 33.1. The number of benzene rings is 1. The number of aromatic nitrogens is 2. The number of aliphatic hydroxyl groups excluding tert-OH is 2. The van der Waals surface area contributed by atoms with Crippen molar-refractivity contribution >= 4 is 20.0 Å². The van der Waals surface area contributed by atoms with E-state index in [9.17, 15) is 24.0 Å². The highest BCUT2D eigenvalue weighted by Crippen LogP contribution is 2.55. The number of nitrogens with zero attached hydrogens (tertiary/aromatic N) is 1. The summed E-state index contributed by atoms with van der Waals surface area (Å²) in [4.78, 5) is 14.3. The third-order valence-electron chi connectivity index (χ3n) is 4.53. The largest absolute Gasteiger partial charge is 0.530 e. The van der Waals surface area contributed by atoms with E-state index in [0.717, 1.165) is 22.9 Å². The van der Waals surface area contributed by atoms with Gasteiger partial charge in [-0.25, -0.2) is 18.1 Å². The first-order valence-electron chi connectivity index (χ1n) is 8.52. The molecule has 2 aromatic rings. The molecule has 1 saturated heterocycles. The maximum absolute atomic E-state index is 15.2. The summed E-state index contributed by atoms with van der Waals surface area (Å²) in [5.41, 5.74) is -0.534. The predicted octanol–water partition coefficient (Wildman–Crippen LogP) is 1.70. The fourth-order valence-electron chi connectivity index (χ4n) is 3.00. The minimum Gasteiger partial charge on any atom is -0.404 e. The lowest BCUT2D eigenvalue weighted by Crippen LogP contribution is -2.43. The Kier molecular flexibility index (Phi) is 5.39. The lowest BCUT2D eigenvalue weighted by atomic mass is 10.1. The summed E-state index contributed by atoms with van der Waals surface area (Å²) in [5.74, 6) is -3.58. The number of hydrogen-bond acceptors (Lipinski definition) is 9. The van der Waals surface area contributed by atoms with E-state index in [1.165, 1.54) is 12.1 Å². The molecule has 0 aliphatic carbocycles. The Bertz CT molecular complexity index is 1140. The fourth-order valence-corrected chi connectivity index (χ4v) is 4.37. The molecule has 0 radical (unpaired) electrons. The first kappa shape index (κ1) is 21.2. The van der Waals surface area contributed by atoms with Crippen molar-refractivity contribution in [1.29, 1.82) is 0 Å². The van der Waals surface area contributed by atoms with Gasteiger partial charge in [-0.2, -0.15) is 0 Å². The van der Waals surface area contributed by atoms with Crippen LogP contribution in [0.5, 0.6) is 5.75 Å². The van der Waals surface area contributed by atoms with Crippen LogP contribution in [0.25, 0.3) is 0 Å². The third-order valence-corrected chi connectivity index (χ3v) is 6.08. The SMILES string of the molecule is O=c1[nH]c(=S)ccn1[C@@H]1O[C@](F)(COP2(=O)OCc3cc(F)ccc3O2)[C@@H](O)[C@H]1O. The molecule has 14 heteroatoms. The molecule has 2 aliphatic heterocycles. The highest BCUT2D eigenvalue weighted by Gasteiger charge is 2.57. The minimum absolute atomic E-state index is 0.0239. The van der Waals surface area contributed by atoms with Crippen LogP contribution >= 0.6 is 20.0 Å². The molecule has 162 valence electrons. The van der Waals surface area contributed by atoms with Gasteiger partial charge < -0.3 is 19.5 Å². The highest BCUT2D eigenvalue weighted by molar-refractivity contribution is 7.71. The number of fused-ring (bicyclic) bond motifs is 1. The van der Waals surface area contributed by atoms with Crippen LogP contribution in [-0.2, 0) is 25.0 Å². The molecule has 0 amide bonds. The third kappa shape index (κ3) is 3.85. The number of nitrogens with one attached hydrogen (secondary N) is 1. The van der Waals surface area contributed by atoms with Crippen LogP contribution in [0.2, 0.25) is 0 Å². The summed E-state index contributed by atoms with van der Waals surface area (Å²) < 4.78 is 62.0. The molecule has 30 heavy (non-hydrogen) atoms. The fraction of sp³-hybridized carbons (Fsp3) is 0.375. The average molecular weight is 464 g/mol. The molecule has 1 unspecified atom stereocenters. The Labute approximate surface area is 172 Å². The van der Waals surface area contributed by atoms with Crippen molar-refractivity contribution in [2.45, 2.75) is 30.9 Å². The van der Waals surface area contributed by atoms with Gasteiger partial charge in [-0.05, 0) is 24.3 Å². The van der Waals surface area contributed by atoms with Gasteiger partial charge in [0.25, 0.3) is 5.85 Å². The zero-order chi connectivity index (χ0) is 21.7. The molecule has 0 saturated carbocycles. The van der Waals surface area contributed by atoms with E-state index >= 15 is 4.39 Å². The topological polar surface area (TPSA) is 132 Å². The second kappa shape index (κ2) is 7.61. The number of halogens is 2. The van der Waals surface area contributed by atoms with E-state index in [4.69, 9.17) is 30.5 Å².